The number of hydrogen-bond acceptors (Lipinski definition) is 7. The van der Waals surface area contributed by atoms with E-state index in [-0.39, 0.29) is 24.0 Å². The van der Waals surface area contributed by atoms with Gasteiger partial charge in [0.1, 0.15) is 6.33 Å². The zero-order valence-corrected chi connectivity index (χ0v) is 12.2. The third-order valence-electron chi connectivity index (χ3n) is 3.70. The van der Waals surface area contributed by atoms with Crippen molar-refractivity contribution in [2.24, 2.45) is 5.92 Å². The molecular weight excluding hydrogens is 274 g/mol. The second kappa shape index (κ2) is 7.16. The SMILES string of the molecule is CCCNc1ncnc(N2CCC(CO)CC2)c1[N+](=O)[O-]. The van der Waals surface area contributed by atoms with Gasteiger partial charge in [-0.25, -0.2) is 9.97 Å². The van der Waals surface area contributed by atoms with Crippen LogP contribution in [0.3, 0.4) is 0 Å². The largest absolute Gasteiger partial charge is 0.396 e. The lowest BCUT2D eigenvalue weighted by molar-refractivity contribution is -0.383. The zero-order chi connectivity index (χ0) is 15.2. The highest BCUT2D eigenvalue weighted by Crippen LogP contribution is 2.33. The molecule has 0 aromatic carbocycles. The van der Waals surface area contributed by atoms with Crippen molar-refractivity contribution in [2.45, 2.75) is 26.2 Å². The first-order valence-corrected chi connectivity index (χ1v) is 7.26. The van der Waals surface area contributed by atoms with Crippen LogP contribution in [-0.4, -0.2) is 46.2 Å². The van der Waals surface area contributed by atoms with E-state index in [9.17, 15) is 10.1 Å². The quantitative estimate of drug-likeness (QED) is 0.604. The third-order valence-corrected chi connectivity index (χ3v) is 3.70. The molecule has 0 amide bonds. The maximum Gasteiger partial charge on any atom is 0.353 e. The lowest BCUT2D eigenvalue weighted by Gasteiger charge is -2.31. The number of nitrogens with zero attached hydrogens (tertiary/aromatic N) is 4. The minimum atomic E-state index is -0.425. The third kappa shape index (κ3) is 3.57. The Labute approximate surface area is 123 Å². The van der Waals surface area contributed by atoms with E-state index in [4.69, 9.17) is 5.11 Å². The van der Waals surface area contributed by atoms with Gasteiger partial charge in [0.15, 0.2) is 0 Å². The molecule has 0 spiro atoms. The van der Waals surface area contributed by atoms with E-state index in [0.29, 0.717) is 25.5 Å². The van der Waals surface area contributed by atoms with Gasteiger partial charge in [0, 0.05) is 26.2 Å². The van der Waals surface area contributed by atoms with Crippen LogP contribution in [0.15, 0.2) is 6.33 Å². The Morgan fingerprint density at radius 3 is 2.76 bits per heavy atom. The van der Waals surface area contributed by atoms with E-state index >= 15 is 0 Å². The van der Waals surface area contributed by atoms with Gasteiger partial charge in [-0.1, -0.05) is 6.92 Å². The number of hydrogen-bond donors (Lipinski definition) is 2. The lowest BCUT2D eigenvalue weighted by atomic mass is 9.98. The first kappa shape index (κ1) is 15.4. The Morgan fingerprint density at radius 2 is 2.19 bits per heavy atom. The number of piperidine rings is 1. The molecule has 116 valence electrons. The number of nitrogens with one attached hydrogen (secondary N) is 1. The minimum Gasteiger partial charge on any atom is -0.396 e. The van der Waals surface area contributed by atoms with E-state index in [1.165, 1.54) is 6.33 Å². The number of nitro groups is 1. The summed E-state index contributed by atoms with van der Waals surface area (Å²) in [6.07, 6.45) is 3.85. The van der Waals surface area contributed by atoms with Crippen LogP contribution < -0.4 is 10.2 Å². The molecule has 21 heavy (non-hydrogen) atoms. The Balaban J connectivity index is 2.24. The Morgan fingerprint density at radius 1 is 1.48 bits per heavy atom. The van der Waals surface area contributed by atoms with Crippen LogP contribution in [0.2, 0.25) is 0 Å². The highest BCUT2D eigenvalue weighted by atomic mass is 16.6. The van der Waals surface area contributed by atoms with Crippen molar-refractivity contribution in [3.63, 3.8) is 0 Å². The monoisotopic (exact) mass is 295 g/mol. The van der Waals surface area contributed by atoms with Gasteiger partial charge in [-0.2, -0.15) is 0 Å². The van der Waals surface area contributed by atoms with Crippen LogP contribution >= 0.6 is 0 Å². The van der Waals surface area contributed by atoms with Gasteiger partial charge in [0.2, 0.25) is 11.6 Å². The normalized spacial score (nSPS) is 16.0. The van der Waals surface area contributed by atoms with Crippen molar-refractivity contribution in [2.75, 3.05) is 36.5 Å². The average molecular weight is 295 g/mol. The topological polar surface area (TPSA) is 104 Å². The molecule has 1 aliphatic heterocycles. The van der Waals surface area contributed by atoms with Gasteiger partial charge in [0.25, 0.3) is 0 Å². The molecule has 0 bridgehead atoms. The Kier molecular flexibility index (Phi) is 5.26. The summed E-state index contributed by atoms with van der Waals surface area (Å²) in [7, 11) is 0. The molecule has 1 aromatic heterocycles. The van der Waals surface area contributed by atoms with Gasteiger partial charge >= 0.3 is 5.69 Å². The molecule has 1 saturated heterocycles. The zero-order valence-electron chi connectivity index (χ0n) is 12.2. The van der Waals surface area contributed by atoms with E-state index < -0.39 is 4.92 Å². The van der Waals surface area contributed by atoms with Crippen LogP contribution in [0.4, 0.5) is 17.3 Å². The van der Waals surface area contributed by atoms with Crippen molar-refractivity contribution in [3.05, 3.63) is 16.4 Å². The molecule has 8 heteroatoms. The lowest BCUT2D eigenvalue weighted by Crippen LogP contribution is -2.35. The predicted molar refractivity (Wildman–Crippen MR) is 79.5 cm³/mol. The van der Waals surface area contributed by atoms with Crippen molar-refractivity contribution in [1.29, 1.82) is 0 Å². The number of aliphatic hydroxyl groups is 1. The first-order chi connectivity index (χ1) is 10.2. The summed E-state index contributed by atoms with van der Waals surface area (Å²) < 4.78 is 0. The summed E-state index contributed by atoms with van der Waals surface area (Å²) >= 11 is 0. The van der Waals surface area contributed by atoms with E-state index in [1.807, 2.05) is 11.8 Å². The molecule has 0 unspecified atom stereocenters. The highest BCUT2D eigenvalue weighted by Gasteiger charge is 2.29. The molecule has 2 heterocycles. The smallest absolute Gasteiger partial charge is 0.353 e. The fraction of sp³-hybridized carbons (Fsp3) is 0.692. The molecule has 0 radical (unpaired) electrons. The maximum absolute atomic E-state index is 11.4. The van der Waals surface area contributed by atoms with E-state index in [1.54, 1.807) is 0 Å². The van der Waals surface area contributed by atoms with Crippen molar-refractivity contribution in [1.82, 2.24) is 9.97 Å². The van der Waals surface area contributed by atoms with Crippen LogP contribution in [0.1, 0.15) is 26.2 Å². The van der Waals surface area contributed by atoms with Gasteiger partial charge in [-0.05, 0) is 25.2 Å². The summed E-state index contributed by atoms with van der Waals surface area (Å²) in [6, 6.07) is 0. The van der Waals surface area contributed by atoms with E-state index in [0.717, 1.165) is 19.3 Å². The number of rotatable bonds is 6. The van der Waals surface area contributed by atoms with Crippen molar-refractivity contribution >= 4 is 17.3 Å². The molecular formula is C13H21N5O3. The van der Waals surface area contributed by atoms with Gasteiger partial charge in [-0.15, -0.1) is 0 Å². The highest BCUT2D eigenvalue weighted by molar-refractivity contribution is 5.70. The molecule has 2 rings (SSSR count). The molecule has 0 atom stereocenters. The second-order valence-electron chi connectivity index (χ2n) is 5.19. The molecule has 0 saturated carbocycles. The Hall–Kier alpha value is -1.96. The number of aliphatic hydroxyl groups excluding tert-OH is 1. The van der Waals surface area contributed by atoms with Crippen LogP contribution in [-0.2, 0) is 0 Å². The Bertz CT molecular complexity index is 489. The molecule has 2 N–H and O–H groups in total. The maximum atomic E-state index is 11.4. The molecule has 1 aromatic rings. The van der Waals surface area contributed by atoms with Gasteiger partial charge in [-0.3, -0.25) is 10.1 Å². The van der Waals surface area contributed by atoms with Gasteiger partial charge < -0.3 is 15.3 Å². The first-order valence-electron chi connectivity index (χ1n) is 7.26. The fourth-order valence-corrected chi connectivity index (χ4v) is 2.47. The molecule has 1 aliphatic rings. The average Bonchev–Trinajstić information content (AvgIpc) is 2.52. The summed E-state index contributed by atoms with van der Waals surface area (Å²) in [5.74, 6) is 0.918. The summed E-state index contributed by atoms with van der Waals surface area (Å²) in [6.45, 7) is 4.11. The van der Waals surface area contributed by atoms with Gasteiger partial charge in [0.05, 0.1) is 4.92 Å². The minimum absolute atomic E-state index is 0.0617. The molecule has 0 aliphatic carbocycles. The van der Waals surface area contributed by atoms with Crippen molar-refractivity contribution < 1.29 is 10.0 Å². The van der Waals surface area contributed by atoms with Crippen LogP contribution in [0.5, 0.6) is 0 Å². The summed E-state index contributed by atoms with van der Waals surface area (Å²) in [5, 5.41) is 23.5. The van der Waals surface area contributed by atoms with Crippen molar-refractivity contribution in [3.8, 4) is 0 Å². The number of anilines is 2. The second-order valence-corrected chi connectivity index (χ2v) is 5.19. The predicted octanol–water partition coefficient (Wildman–Crippen LogP) is 1.42. The fourth-order valence-electron chi connectivity index (χ4n) is 2.47. The molecule has 8 nitrogen and oxygen atoms in total. The van der Waals surface area contributed by atoms with E-state index in [2.05, 4.69) is 15.3 Å². The standard InChI is InChI=1S/C13H21N5O3/c1-2-5-14-12-11(18(20)21)13(16-9-15-12)17-6-3-10(8-19)4-7-17/h9-10,19H,2-8H2,1H3,(H,14,15,16). The van der Waals surface area contributed by atoms with Crippen LogP contribution in [0, 0.1) is 16.0 Å². The molecule has 1 fully saturated rings. The van der Waals surface area contributed by atoms with Crippen LogP contribution in [0.25, 0.3) is 0 Å². The summed E-state index contributed by atoms with van der Waals surface area (Å²) in [4.78, 5) is 21.0. The number of aromatic nitrogens is 2. The summed E-state index contributed by atoms with van der Waals surface area (Å²) in [5.41, 5.74) is -0.0617.